The maximum Gasteiger partial charge on any atom is 0.416 e. The number of nitrogens with zero attached hydrogens (tertiary/aromatic N) is 2. The Balaban J connectivity index is 1.20. The molecule has 2 aliphatic rings. The highest BCUT2D eigenvalue weighted by Gasteiger charge is 2.30. The van der Waals surface area contributed by atoms with Crippen LogP contribution in [0.4, 0.5) is 18.9 Å². The smallest absolute Gasteiger partial charge is 0.378 e. The van der Waals surface area contributed by atoms with Crippen molar-refractivity contribution in [1.82, 2.24) is 10.2 Å². The number of carbonyl (C=O) groups excluding carboxylic acids is 1. The lowest BCUT2D eigenvalue weighted by molar-refractivity contribution is -0.137. The number of benzene rings is 2. The molecule has 1 N–H and O–H groups in total. The summed E-state index contributed by atoms with van der Waals surface area (Å²) < 4.78 is 43.3. The zero-order valence-electron chi connectivity index (χ0n) is 18.6. The van der Waals surface area contributed by atoms with Crippen LogP contribution in [-0.2, 0) is 17.3 Å². The summed E-state index contributed by atoms with van der Waals surface area (Å²) in [5.74, 6) is 0.0563. The third kappa shape index (κ3) is 6.26. The predicted octanol–water partition coefficient (Wildman–Crippen LogP) is 3.98. The van der Waals surface area contributed by atoms with Crippen LogP contribution in [0.5, 0.6) is 0 Å². The van der Waals surface area contributed by atoms with Crippen LogP contribution in [0.2, 0.25) is 0 Å². The van der Waals surface area contributed by atoms with E-state index >= 15 is 0 Å². The van der Waals surface area contributed by atoms with Gasteiger partial charge in [-0.05, 0) is 67.8 Å². The molecule has 2 saturated heterocycles. The van der Waals surface area contributed by atoms with Crippen LogP contribution in [0.3, 0.4) is 0 Å². The molecule has 0 atom stereocenters. The number of rotatable bonds is 6. The minimum Gasteiger partial charge on any atom is -0.378 e. The molecule has 0 bridgehead atoms. The number of amides is 1. The highest BCUT2D eigenvalue weighted by atomic mass is 19.4. The van der Waals surface area contributed by atoms with Crippen LogP contribution in [0.15, 0.2) is 48.5 Å². The molecule has 1 amide bonds. The fourth-order valence-corrected chi connectivity index (χ4v) is 4.39. The van der Waals surface area contributed by atoms with Gasteiger partial charge in [-0.25, -0.2) is 0 Å². The molecular weight excluding hydrogens is 431 g/mol. The fraction of sp³-hybridized carbons (Fsp3) is 0.480. The van der Waals surface area contributed by atoms with Gasteiger partial charge in [0.15, 0.2) is 0 Å². The highest BCUT2D eigenvalue weighted by molar-refractivity contribution is 5.94. The first-order valence-electron chi connectivity index (χ1n) is 11.5. The monoisotopic (exact) mass is 461 g/mol. The lowest BCUT2D eigenvalue weighted by Crippen LogP contribution is -2.43. The van der Waals surface area contributed by atoms with E-state index in [1.54, 1.807) is 12.1 Å². The number of nitrogens with one attached hydrogen (secondary N) is 1. The number of anilines is 1. The van der Waals surface area contributed by atoms with Gasteiger partial charge in [-0.3, -0.25) is 4.79 Å². The third-order valence-electron chi connectivity index (χ3n) is 6.40. The van der Waals surface area contributed by atoms with Crippen molar-refractivity contribution in [3.63, 3.8) is 0 Å². The maximum absolute atomic E-state index is 12.7. The first-order valence-corrected chi connectivity index (χ1v) is 11.5. The van der Waals surface area contributed by atoms with E-state index in [2.05, 4.69) is 10.2 Å². The Morgan fingerprint density at radius 2 is 1.58 bits per heavy atom. The Morgan fingerprint density at radius 3 is 2.18 bits per heavy atom. The minimum absolute atomic E-state index is 0.0563. The summed E-state index contributed by atoms with van der Waals surface area (Å²) in [5.41, 5.74) is 2.13. The summed E-state index contributed by atoms with van der Waals surface area (Å²) in [4.78, 5) is 16.8. The Bertz CT molecular complexity index is 902. The van der Waals surface area contributed by atoms with Gasteiger partial charge in [-0.1, -0.05) is 12.1 Å². The summed E-state index contributed by atoms with van der Waals surface area (Å²) in [6, 6.07) is 13.7. The van der Waals surface area contributed by atoms with Gasteiger partial charge in [0.25, 0.3) is 5.91 Å². The molecule has 8 heteroatoms. The lowest BCUT2D eigenvalue weighted by atomic mass is 10.0. The summed E-state index contributed by atoms with van der Waals surface area (Å²) in [6.07, 6.45) is -1.58. The molecule has 178 valence electrons. The van der Waals surface area contributed by atoms with Gasteiger partial charge in [0, 0.05) is 43.5 Å². The molecule has 2 aromatic rings. The van der Waals surface area contributed by atoms with Crippen molar-refractivity contribution in [2.75, 3.05) is 50.8 Å². The van der Waals surface area contributed by atoms with Crippen molar-refractivity contribution in [3.05, 3.63) is 65.2 Å². The second-order valence-electron chi connectivity index (χ2n) is 8.61. The molecule has 0 saturated carbocycles. The van der Waals surface area contributed by atoms with Gasteiger partial charge in [-0.2, -0.15) is 13.2 Å². The van der Waals surface area contributed by atoms with Crippen molar-refractivity contribution >= 4 is 11.6 Å². The molecule has 0 aromatic heterocycles. The zero-order valence-corrected chi connectivity index (χ0v) is 18.6. The Morgan fingerprint density at radius 1 is 0.939 bits per heavy atom. The van der Waals surface area contributed by atoms with Gasteiger partial charge < -0.3 is 19.9 Å². The fourth-order valence-electron chi connectivity index (χ4n) is 4.39. The molecule has 2 fully saturated rings. The lowest BCUT2D eigenvalue weighted by Gasteiger charge is -2.34. The molecule has 0 radical (unpaired) electrons. The highest BCUT2D eigenvalue weighted by Crippen LogP contribution is 2.29. The summed E-state index contributed by atoms with van der Waals surface area (Å²) in [7, 11) is 0. The van der Waals surface area contributed by atoms with Gasteiger partial charge in [0.05, 0.1) is 18.8 Å². The quantitative estimate of drug-likeness (QED) is 0.707. The number of ether oxygens (including phenoxy) is 1. The number of hydrogen-bond acceptors (Lipinski definition) is 4. The predicted molar refractivity (Wildman–Crippen MR) is 122 cm³/mol. The minimum atomic E-state index is -4.29. The van der Waals surface area contributed by atoms with Crippen molar-refractivity contribution in [2.45, 2.75) is 31.5 Å². The average Bonchev–Trinajstić information content (AvgIpc) is 2.84. The number of morpholine rings is 1. The van der Waals surface area contributed by atoms with E-state index in [4.69, 9.17) is 4.74 Å². The number of alkyl halides is 3. The van der Waals surface area contributed by atoms with Crippen LogP contribution in [-0.4, -0.2) is 62.8 Å². The van der Waals surface area contributed by atoms with E-state index in [-0.39, 0.29) is 5.91 Å². The summed E-state index contributed by atoms with van der Waals surface area (Å²) >= 11 is 0. The van der Waals surface area contributed by atoms with E-state index in [1.807, 2.05) is 29.2 Å². The molecule has 4 rings (SSSR count). The summed E-state index contributed by atoms with van der Waals surface area (Å²) in [6.45, 7) is 5.06. The Kier molecular flexibility index (Phi) is 7.55. The Hall–Kier alpha value is -2.58. The van der Waals surface area contributed by atoms with Gasteiger partial charge >= 0.3 is 6.18 Å². The van der Waals surface area contributed by atoms with Crippen LogP contribution >= 0.6 is 0 Å². The van der Waals surface area contributed by atoms with E-state index in [1.165, 1.54) is 0 Å². The van der Waals surface area contributed by atoms with Gasteiger partial charge in [0.2, 0.25) is 0 Å². The number of piperidine rings is 1. The van der Waals surface area contributed by atoms with Crippen LogP contribution < -0.4 is 10.2 Å². The SMILES string of the molecule is O=C(c1ccc(N2CCC(NCCc3ccc(C(F)(F)F)cc3)CC2)cc1)N1CCOCC1. The topological polar surface area (TPSA) is 44.8 Å². The molecule has 2 heterocycles. The van der Waals surface area contributed by atoms with E-state index in [0.717, 1.165) is 55.9 Å². The number of hydrogen-bond donors (Lipinski definition) is 1. The maximum atomic E-state index is 12.7. The van der Waals surface area contributed by atoms with Crippen molar-refractivity contribution in [1.29, 1.82) is 0 Å². The second-order valence-corrected chi connectivity index (χ2v) is 8.61. The molecule has 0 unspecified atom stereocenters. The molecule has 2 aromatic carbocycles. The standard InChI is InChI=1S/C25H30F3N3O2/c26-25(27,28)21-5-1-19(2-6-21)9-12-29-22-10-13-30(14-11-22)23-7-3-20(4-8-23)24(32)31-15-17-33-18-16-31/h1-8,22,29H,9-18H2. The van der Waals surface area contributed by atoms with E-state index < -0.39 is 11.7 Å². The molecule has 5 nitrogen and oxygen atoms in total. The Labute approximate surface area is 192 Å². The molecule has 0 aliphatic carbocycles. The molecule has 33 heavy (non-hydrogen) atoms. The molecular formula is C25H30F3N3O2. The molecule has 0 spiro atoms. The van der Waals surface area contributed by atoms with E-state index in [9.17, 15) is 18.0 Å². The van der Waals surface area contributed by atoms with Crippen molar-refractivity contribution < 1.29 is 22.7 Å². The number of carbonyl (C=O) groups is 1. The van der Waals surface area contributed by atoms with Crippen LogP contribution in [0.1, 0.15) is 34.3 Å². The van der Waals surface area contributed by atoms with Gasteiger partial charge in [-0.15, -0.1) is 0 Å². The first kappa shape index (κ1) is 23.6. The van der Waals surface area contributed by atoms with Crippen LogP contribution in [0.25, 0.3) is 0 Å². The normalized spacial score (nSPS) is 17.9. The number of halogens is 3. The largest absolute Gasteiger partial charge is 0.416 e. The van der Waals surface area contributed by atoms with Gasteiger partial charge in [0.1, 0.15) is 0 Å². The summed E-state index contributed by atoms with van der Waals surface area (Å²) in [5, 5.41) is 3.54. The van der Waals surface area contributed by atoms with Crippen molar-refractivity contribution in [2.24, 2.45) is 0 Å². The average molecular weight is 462 g/mol. The first-order chi connectivity index (χ1) is 15.9. The van der Waals surface area contributed by atoms with Crippen molar-refractivity contribution in [3.8, 4) is 0 Å². The molecule has 2 aliphatic heterocycles. The van der Waals surface area contributed by atoms with Crippen LogP contribution in [0, 0.1) is 0 Å². The second kappa shape index (κ2) is 10.6. The third-order valence-corrected chi connectivity index (χ3v) is 6.40. The van der Waals surface area contributed by atoms with E-state index in [0.29, 0.717) is 44.3 Å². The zero-order chi connectivity index (χ0) is 23.3.